The highest BCUT2D eigenvalue weighted by atomic mass is 16.5. The maximum atomic E-state index is 12.5. The van der Waals surface area contributed by atoms with Gasteiger partial charge in [0.25, 0.3) is 0 Å². The van der Waals surface area contributed by atoms with Crippen molar-refractivity contribution in [1.29, 1.82) is 0 Å². The van der Waals surface area contributed by atoms with E-state index in [4.69, 9.17) is 18.9 Å². The molecule has 0 N–H and O–H groups in total. The van der Waals surface area contributed by atoms with Crippen molar-refractivity contribution in [1.82, 2.24) is 0 Å². The molecule has 33 heavy (non-hydrogen) atoms. The highest BCUT2D eigenvalue weighted by molar-refractivity contribution is 5.92. The van der Waals surface area contributed by atoms with E-state index in [9.17, 15) is 9.59 Å². The standard InChI is InChI=1S/C27H24O6/c1-4-16-31-23-12-10-22(11-13-23)27(29)33-25-15-14-24(17-19(25)3)32-26(28)21-8-6-20(7-9-21)18-30-5-2/h4-15,17H,1-2,16,18H2,3H3. The van der Waals surface area contributed by atoms with Crippen LogP contribution in [0.5, 0.6) is 17.2 Å². The van der Waals surface area contributed by atoms with Crippen molar-refractivity contribution in [2.75, 3.05) is 6.61 Å². The van der Waals surface area contributed by atoms with Gasteiger partial charge < -0.3 is 18.9 Å². The summed E-state index contributed by atoms with van der Waals surface area (Å²) in [4.78, 5) is 24.9. The fourth-order valence-corrected chi connectivity index (χ4v) is 2.86. The van der Waals surface area contributed by atoms with Crippen LogP contribution < -0.4 is 14.2 Å². The minimum Gasteiger partial charge on any atom is -0.497 e. The second-order valence-corrected chi connectivity index (χ2v) is 7.00. The van der Waals surface area contributed by atoms with Crippen LogP contribution in [0.1, 0.15) is 31.8 Å². The molecule has 6 nitrogen and oxygen atoms in total. The third kappa shape index (κ3) is 6.58. The zero-order valence-electron chi connectivity index (χ0n) is 18.3. The Hall–Kier alpha value is -4.32. The van der Waals surface area contributed by atoms with Gasteiger partial charge in [0.2, 0.25) is 0 Å². The van der Waals surface area contributed by atoms with Gasteiger partial charge in [0.05, 0.1) is 17.4 Å². The first-order valence-corrected chi connectivity index (χ1v) is 10.2. The van der Waals surface area contributed by atoms with Gasteiger partial charge in [0.1, 0.15) is 30.5 Å². The maximum absolute atomic E-state index is 12.5. The van der Waals surface area contributed by atoms with Gasteiger partial charge in [-0.3, -0.25) is 0 Å². The molecule has 0 fully saturated rings. The number of rotatable bonds is 10. The molecule has 0 saturated carbocycles. The molecular formula is C27H24O6. The monoisotopic (exact) mass is 444 g/mol. The molecule has 0 amide bonds. The first-order valence-electron chi connectivity index (χ1n) is 10.2. The summed E-state index contributed by atoms with van der Waals surface area (Å²) in [6.07, 6.45) is 3.00. The average molecular weight is 444 g/mol. The molecule has 3 aromatic rings. The fraction of sp³-hybridized carbons (Fsp3) is 0.111. The highest BCUT2D eigenvalue weighted by Crippen LogP contribution is 2.25. The van der Waals surface area contributed by atoms with Crippen molar-refractivity contribution in [3.8, 4) is 17.2 Å². The molecular weight excluding hydrogens is 420 g/mol. The minimum absolute atomic E-state index is 0.347. The number of carbonyl (C=O) groups is 2. The largest absolute Gasteiger partial charge is 0.497 e. The summed E-state index contributed by atoms with van der Waals surface area (Å²) < 4.78 is 21.5. The molecule has 0 atom stereocenters. The lowest BCUT2D eigenvalue weighted by Crippen LogP contribution is -2.10. The third-order valence-electron chi connectivity index (χ3n) is 4.57. The second kappa shape index (κ2) is 11.3. The van der Waals surface area contributed by atoms with Gasteiger partial charge in [-0.25, -0.2) is 9.59 Å². The Kier molecular flexibility index (Phi) is 8.02. The number of carbonyl (C=O) groups excluding carboxylic acids is 2. The summed E-state index contributed by atoms with van der Waals surface area (Å²) >= 11 is 0. The molecule has 3 aromatic carbocycles. The summed E-state index contributed by atoms with van der Waals surface area (Å²) in [6.45, 7) is 9.62. The van der Waals surface area contributed by atoms with Crippen molar-refractivity contribution < 1.29 is 28.5 Å². The molecule has 6 heteroatoms. The van der Waals surface area contributed by atoms with Crippen LogP contribution in [0.4, 0.5) is 0 Å². The van der Waals surface area contributed by atoms with Crippen LogP contribution in [0, 0.1) is 6.92 Å². The lowest BCUT2D eigenvalue weighted by molar-refractivity contribution is 0.0718. The molecule has 0 unspecified atom stereocenters. The Labute approximate surface area is 192 Å². The summed E-state index contributed by atoms with van der Waals surface area (Å²) in [5.41, 5.74) is 2.35. The molecule has 0 aliphatic carbocycles. The number of benzene rings is 3. The first kappa shape index (κ1) is 23.3. The van der Waals surface area contributed by atoms with E-state index in [1.807, 2.05) is 0 Å². The molecule has 0 heterocycles. The second-order valence-electron chi connectivity index (χ2n) is 7.00. The van der Waals surface area contributed by atoms with Gasteiger partial charge in [0.15, 0.2) is 0 Å². The Bertz CT molecular complexity index is 1130. The van der Waals surface area contributed by atoms with E-state index >= 15 is 0 Å². The molecule has 168 valence electrons. The van der Waals surface area contributed by atoms with Crippen LogP contribution in [-0.2, 0) is 11.3 Å². The third-order valence-corrected chi connectivity index (χ3v) is 4.57. The van der Waals surface area contributed by atoms with E-state index < -0.39 is 11.9 Å². The van der Waals surface area contributed by atoms with E-state index in [1.54, 1.807) is 79.7 Å². The van der Waals surface area contributed by atoms with E-state index in [-0.39, 0.29) is 0 Å². The molecule has 0 bridgehead atoms. The molecule has 0 spiro atoms. The summed E-state index contributed by atoms with van der Waals surface area (Å²) in [5, 5.41) is 0. The Morgan fingerprint density at radius 3 is 2.03 bits per heavy atom. The van der Waals surface area contributed by atoms with Crippen LogP contribution in [0.25, 0.3) is 0 Å². The quantitative estimate of drug-likeness (QED) is 0.174. The summed E-state index contributed by atoms with van der Waals surface area (Å²) in [5.74, 6) is 0.361. The smallest absolute Gasteiger partial charge is 0.343 e. The van der Waals surface area contributed by atoms with E-state index in [0.717, 1.165) is 5.56 Å². The molecule has 0 aromatic heterocycles. The zero-order chi connectivity index (χ0) is 23.6. The van der Waals surface area contributed by atoms with Crippen LogP contribution >= 0.6 is 0 Å². The van der Waals surface area contributed by atoms with Gasteiger partial charge in [-0.15, -0.1) is 0 Å². The SMILES string of the molecule is C=CCOc1ccc(C(=O)Oc2ccc(OC(=O)c3ccc(COC=C)cc3)cc2C)cc1. The Morgan fingerprint density at radius 2 is 1.42 bits per heavy atom. The fourth-order valence-electron chi connectivity index (χ4n) is 2.86. The van der Waals surface area contributed by atoms with Gasteiger partial charge >= 0.3 is 11.9 Å². The average Bonchev–Trinajstić information content (AvgIpc) is 2.83. The van der Waals surface area contributed by atoms with Crippen molar-refractivity contribution in [2.45, 2.75) is 13.5 Å². The molecule has 3 rings (SSSR count). The molecule has 0 aliphatic rings. The zero-order valence-corrected chi connectivity index (χ0v) is 18.3. The number of aryl methyl sites for hydroxylation is 1. The highest BCUT2D eigenvalue weighted by Gasteiger charge is 2.13. The predicted octanol–water partition coefficient (Wildman–Crippen LogP) is 5.66. The van der Waals surface area contributed by atoms with Gasteiger partial charge in [-0.2, -0.15) is 0 Å². The number of esters is 2. The Morgan fingerprint density at radius 1 is 0.818 bits per heavy atom. The number of hydrogen-bond acceptors (Lipinski definition) is 6. The molecule has 0 aliphatic heterocycles. The van der Waals surface area contributed by atoms with Gasteiger partial charge in [-0.05, 0) is 72.6 Å². The van der Waals surface area contributed by atoms with Gasteiger partial charge in [0, 0.05) is 0 Å². The molecule has 0 saturated heterocycles. The maximum Gasteiger partial charge on any atom is 0.343 e. The van der Waals surface area contributed by atoms with Gasteiger partial charge in [-0.1, -0.05) is 31.4 Å². The topological polar surface area (TPSA) is 71.1 Å². The first-order chi connectivity index (χ1) is 16.0. The number of ether oxygens (including phenoxy) is 4. The normalized spacial score (nSPS) is 10.1. The lowest BCUT2D eigenvalue weighted by atomic mass is 10.1. The lowest BCUT2D eigenvalue weighted by Gasteiger charge is -2.10. The van der Waals surface area contributed by atoms with Crippen molar-refractivity contribution in [3.63, 3.8) is 0 Å². The number of hydrogen-bond donors (Lipinski definition) is 0. The van der Waals surface area contributed by atoms with E-state index in [0.29, 0.717) is 47.2 Å². The van der Waals surface area contributed by atoms with E-state index in [2.05, 4.69) is 13.2 Å². The summed E-state index contributed by atoms with van der Waals surface area (Å²) in [7, 11) is 0. The summed E-state index contributed by atoms with van der Waals surface area (Å²) in [6, 6.07) is 18.3. The minimum atomic E-state index is -0.501. The van der Waals surface area contributed by atoms with Crippen LogP contribution in [0.3, 0.4) is 0 Å². The molecule has 0 radical (unpaired) electrons. The van der Waals surface area contributed by atoms with Crippen molar-refractivity contribution in [3.05, 3.63) is 114 Å². The predicted molar refractivity (Wildman–Crippen MR) is 125 cm³/mol. The van der Waals surface area contributed by atoms with Crippen LogP contribution in [0.2, 0.25) is 0 Å². The van der Waals surface area contributed by atoms with Crippen LogP contribution in [-0.4, -0.2) is 18.5 Å². The van der Waals surface area contributed by atoms with E-state index in [1.165, 1.54) is 6.26 Å². The Balaban J connectivity index is 1.61. The van der Waals surface area contributed by atoms with Crippen LogP contribution in [0.15, 0.2) is 92.2 Å². The van der Waals surface area contributed by atoms with Crippen molar-refractivity contribution >= 4 is 11.9 Å². The van der Waals surface area contributed by atoms with Crippen molar-refractivity contribution in [2.24, 2.45) is 0 Å².